The standard InChI is InChI=1S/C17H29F3O2/c1-6-12(7-10(2)3)14(21)9-15(22)13(8-11(4)5)16(18)17(19)20/h10-13,16-17H,6-9H2,1-5H3. The van der Waals surface area contributed by atoms with Crippen LogP contribution in [0.2, 0.25) is 0 Å². The van der Waals surface area contributed by atoms with E-state index in [4.69, 9.17) is 0 Å². The lowest BCUT2D eigenvalue weighted by molar-refractivity contribution is -0.135. The van der Waals surface area contributed by atoms with E-state index in [9.17, 15) is 22.8 Å². The topological polar surface area (TPSA) is 34.1 Å². The molecule has 0 rings (SSSR count). The zero-order valence-corrected chi connectivity index (χ0v) is 14.2. The first-order valence-corrected chi connectivity index (χ1v) is 8.07. The predicted molar refractivity (Wildman–Crippen MR) is 81.7 cm³/mol. The molecule has 0 aromatic rings. The molecule has 5 heteroatoms. The Morgan fingerprint density at radius 1 is 0.864 bits per heavy atom. The Bertz CT molecular complexity index is 354. The summed E-state index contributed by atoms with van der Waals surface area (Å²) < 4.78 is 38.9. The van der Waals surface area contributed by atoms with Crippen LogP contribution in [-0.4, -0.2) is 24.2 Å². The van der Waals surface area contributed by atoms with E-state index in [2.05, 4.69) is 0 Å². The number of ketones is 2. The van der Waals surface area contributed by atoms with Gasteiger partial charge in [0.15, 0.2) is 6.17 Å². The lowest BCUT2D eigenvalue weighted by Gasteiger charge is -2.22. The largest absolute Gasteiger partial charge is 0.299 e. The van der Waals surface area contributed by atoms with Gasteiger partial charge in [0.2, 0.25) is 0 Å². The molecule has 0 fully saturated rings. The van der Waals surface area contributed by atoms with Crippen molar-refractivity contribution in [3.8, 4) is 0 Å². The van der Waals surface area contributed by atoms with Gasteiger partial charge in [-0.05, 0) is 31.1 Å². The highest BCUT2D eigenvalue weighted by Gasteiger charge is 2.36. The minimum Gasteiger partial charge on any atom is -0.299 e. The number of hydrogen-bond acceptors (Lipinski definition) is 2. The highest BCUT2D eigenvalue weighted by atomic mass is 19.3. The molecule has 0 saturated carbocycles. The number of Topliss-reactive ketones (excluding diaryl/α,β-unsaturated/α-hetero) is 2. The minimum atomic E-state index is -3.19. The monoisotopic (exact) mass is 322 g/mol. The molecule has 2 nitrogen and oxygen atoms in total. The molecular weight excluding hydrogens is 293 g/mol. The maximum absolute atomic E-state index is 13.7. The van der Waals surface area contributed by atoms with Crippen LogP contribution in [0.1, 0.15) is 60.3 Å². The van der Waals surface area contributed by atoms with Gasteiger partial charge in [-0.3, -0.25) is 9.59 Å². The molecule has 0 aromatic heterocycles. The summed E-state index contributed by atoms with van der Waals surface area (Å²) >= 11 is 0. The van der Waals surface area contributed by atoms with E-state index in [1.165, 1.54) is 0 Å². The van der Waals surface area contributed by atoms with Crippen molar-refractivity contribution in [2.24, 2.45) is 23.7 Å². The van der Waals surface area contributed by atoms with Gasteiger partial charge < -0.3 is 0 Å². The van der Waals surface area contributed by atoms with Gasteiger partial charge in [-0.1, -0.05) is 34.6 Å². The smallest absolute Gasteiger partial charge is 0.270 e. The summed E-state index contributed by atoms with van der Waals surface area (Å²) in [6.45, 7) is 9.31. The van der Waals surface area contributed by atoms with Crippen LogP contribution in [0.15, 0.2) is 0 Å². The van der Waals surface area contributed by atoms with Crippen LogP contribution in [0, 0.1) is 23.7 Å². The second-order valence-corrected chi connectivity index (χ2v) is 6.86. The molecule has 22 heavy (non-hydrogen) atoms. The SMILES string of the molecule is CCC(CC(C)C)C(=O)CC(=O)C(CC(C)C)C(F)C(F)F. The van der Waals surface area contributed by atoms with Gasteiger partial charge in [0.05, 0.1) is 12.3 Å². The lowest BCUT2D eigenvalue weighted by atomic mass is 9.83. The molecule has 0 aliphatic rings. The summed E-state index contributed by atoms with van der Waals surface area (Å²) in [6.07, 6.45) is -4.82. The Morgan fingerprint density at radius 3 is 1.73 bits per heavy atom. The van der Waals surface area contributed by atoms with Crippen molar-refractivity contribution < 1.29 is 22.8 Å². The van der Waals surface area contributed by atoms with Crippen LogP contribution >= 0.6 is 0 Å². The molecule has 0 heterocycles. The average Bonchev–Trinajstić information content (AvgIpc) is 2.40. The Hall–Kier alpha value is -0.870. The third-order valence-corrected chi connectivity index (χ3v) is 3.82. The number of halogens is 3. The Morgan fingerprint density at radius 2 is 1.36 bits per heavy atom. The Labute approximate surface area is 131 Å². The van der Waals surface area contributed by atoms with Crippen LogP contribution < -0.4 is 0 Å². The van der Waals surface area contributed by atoms with Crippen LogP contribution in [0.5, 0.6) is 0 Å². The van der Waals surface area contributed by atoms with Gasteiger partial charge in [-0.15, -0.1) is 0 Å². The number of carbonyl (C=O) groups excluding carboxylic acids is 2. The molecule has 130 valence electrons. The van der Waals surface area contributed by atoms with Gasteiger partial charge >= 0.3 is 0 Å². The number of hydrogen-bond donors (Lipinski definition) is 0. The fourth-order valence-electron chi connectivity index (χ4n) is 2.66. The summed E-state index contributed by atoms with van der Waals surface area (Å²) in [6, 6.07) is 0. The van der Waals surface area contributed by atoms with Crippen molar-refractivity contribution >= 4 is 11.6 Å². The predicted octanol–water partition coefficient (Wildman–Crippen LogP) is 4.85. The fraction of sp³-hybridized carbons (Fsp3) is 0.882. The zero-order chi connectivity index (χ0) is 17.4. The second-order valence-electron chi connectivity index (χ2n) is 6.86. The average molecular weight is 322 g/mol. The van der Waals surface area contributed by atoms with Crippen molar-refractivity contribution in [3.05, 3.63) is 0 Å². The van der Waals surface area contributed by atoms with E-state index in [0.717, 1.165) is 0 Å². The van der Waals surface area contributed by atoms with Gasteiger partial charge in [-0.25, -0.2) is 13.2 Å². The van der Waals surface area contributed by atoms with E-state index in [0.29, 0.717) is 18.8 Å². The minimum absolute atomic E-state index is 0.0403. The molecule has 0 bridgehead atoms. The van der Waals surface area contributed by atoms with Gasteiger partial charge in [0.25, 0.3) is 6.43 Å². The molecule has 0 radical (unpaired) electrons. The highest BCUT2D eigenvalue weighted by Crippen LogP contribution is 2.26. The molecule has 0 spiro atoms. The summed E-state index contributed by atoms with van der Waals surface area (Å²) in [5, 5.41) is 0. The van der Waals surface area contributed by atoms with E-state index in [-0.39, 0.29) is 24.0 Å². The molecule has 0 saturated heterocycles. The van der Waals surface area contributed by atoms with E-state index >= 15 is 0 Å². The Balaban J connectivity index is 4.89. The van der Waals surface area contributed by atoms with Crippen molar-refractivity contribution in [1.82, 2.24) is 0 Å². The van der Waals surface area contributed by atoms with Crippen molar-refractivity contribution in [1.29, 1.82) is 0 Å². The molecule has 3 atom stereocenters. The summed E-state index contributed by atoms with van der Waals surface area (Å²) in [5.74, 6) is -2.36. The number of rotatable bonds is 11. The van der Waals surface area contributed by atoms with Gasteiger partial charge in [0, 0.05) is 5.92 Å². The van der Waals surface area contributed by atoms with Crippen molar-refractivity contribution in [3.63, 3.8) is 0 Å². The molecular formula is C17H29F3O2. The molecule has 3 unspecified atom stereocenters. The molecule has 0 aliphatic carbocycles. The summed E-state index contributed by atoms with van der Waals surface area (Å²) in [4.78, 5) is 24.3. The molecule has 0 aliphatic heterocycles. The number of alkyl halides is 3. The number of carbonyl (C=O) groups is 2. The highest BCUT2D eigenvalue weighted by molar-refractivity contribution is 6.01. The van der Waals surface area contributed by atoms with E-state index in [1.54, 1.807) is 13.8 Å². The maximum atomic E-state index is 13.7. The summed E-state index contributed by atoms with van der Waals surface area (Å²) in [5.41, 5.74) is 0. The van der Waals surface area contributed by atoms with Crippen LogP contribution in [0.25, 0.3) is 0 Å². The van der Waals surface area contributed by atoms with E-state index < -0.39 is 30.7 Å². The Kier molecular flexibility index (Phi) is 9.61. The van der Waals surface area contributed by atoms with Crippen LogP contribution in [0.3, 0.4) is 0 Å². The lowest BCUT2D eigenvalue weighted by Crippen LogP contribution is -2.34. The quantitative estimate of drug-likeness (QED) is 0.509. The van der Waals surface area contributed by atoms with Crippen LogP contribution in [-0.2, 0) is 9.59 Å². The first kappa shape index (κ1) is 21.1. The normalized spacial score (nSPS) is 16.1. The van der Waals surface area contributed by atoms with Gasteiger partial charge in [0.1, 0.15) is 11.6 Å². The first-order valence-electron chi connectivity index (χ1n) is 8.07. The molecule has 0 amide bonds. The molecule has 0 N–H and O–H groups in total. The fourth-order valence-corrected chi connectivity index (χ4v) is 2.66. The molecule has 0 aromatic carbocycles. The zero-order valence-electron chi connectivity index (χ0n) is 14.2. The van der Waals surface area contributed by atoms with Crippen LogP contribution in [0.4, 0.5) is 13.2 Å². The first-order chi connectivity index (χ1) is 10.1. The van der Waals surface area contributed by atoms with E-state index in [1.807, 2.05) is 20.8 Å². The third kappa shape index (κ3) is 7.41. The van der Waals surface area contributed by atoms with Crippen molar-refractivity contribution in [2.75, 3.05) is 0 Å². The second kappa shape index (κ2) is 10.0. The maximum Gasteiger partial charge on any atom is 0.270 e. The summed E-state index contributed by atoms with van der Waals surface area (Å²) in [7, 11) is 0. The van der Waals surface area contributed by atoms with Crippen molar-refractivity contribution in [2.45, 2.75) is 72.9 Å². The third-order valence-electron chi connectivity index (χ3n) is 3.82. The van der Waals surface area contributed by atoms with Gasteiger partial charge in [-0.2, -0.15) is 0 Å².